The monoisotopic (exact) mass is 380 g/mol. The Labute approximate surface area is 157 Å². The molecule has 2 N–H and O–H groups in total. The van der Waals surface area contributed by atoms with Crippen molar-refractivity contribution in [1.82, 2.24) is 4.90 Å². The van der Waals surface area contributed by atoms with Crippen molar-refractivity contribution in [2.75, 3.05) is 20.1 Å². The first-order chi connectivity index (χ1) is 12.0. The minimum atomic E-state index is -3.78. The van der Waals surface area contributed by atoms with Gasteiger partial charge >= 0.3 is 0 Å². The molecule has 1 aromatic rings. The van der Waals surface area contributed by atoms with E-state index < -0.39 is 14.6 Å². The van der Waals surface area contributed by atoms with E-state index in [0.29, 0.717) is 36.4 Å². The highest BCUT2D eigenvalue weighted by atomic mass is 32.2. The average molecular weight is 381 g/mol. The maximum atomic E-state index is 13.6. The Hall–Kier alpha value is -1.40. The second kappa shape index (κ2) is 7.31. The Kier molecular flexibility index (Phi) is 5.88. The highest BCUT2D eigenvalue weighted by Crippen LogP contribution is 2.43. The molecule has 0 unspecified atom stereocenters. The van der Waals surface area contributed by atoms with Crippen LogP contribution in [0.2, 0.25) is 0 Å². The molecule has 6 heteroatoms. The fourth-order valence-corrected chi connectivity index (χ4v) is 6.34. The number of aryl methyl sites for hydroxylation is 2. The van der Waals surface area contributed by atoms with Crippen LogP contribution in [0.4, 0.5) is 0 Å². The molecule has 0 heterocycles. The second-order valence-electron chi connectivity index (χ2n) is 8.50. The molecule has 1 saturated carbocycles. The maximum Gasteiger partial charge on any atom is 0.244 e. The minimum absolute atomic E-state index is 0.257. The number of hydrogen-bond acceptors (Lipinski definition) is 4. The third kappa shape index (κ3) is 3.67. The zero-order valence-electron chi connectivity index (χ0n) is 16.6. The largest absolute Gasteiger partial charge is 0.344 e. The van der Waals surface area contributed by atoms with Gasteiger partial charge in [0.05, 0.1) is 4.90 Å². The summed E-state index contributed by atoms with van der Waals surface area (Å²) in [5.74, 6) is -0.294. The lowest BCUT2D eigenvalue weighted by atomic mass is 9.92. The molecule has 0 aliphatic heterocycles. The quantitative estimate of drug-likeness (QED) is 0.823. The van der Waals surface area contributed by atoms with Gasteiger partial charge in [-0.1, -0.05) is 38.8 Å². The fraction of sp³-hybridized carbons (Fsp3) is 0.650. The van der Waals surface area contributed by atoms with E-state index in [9.17, 15) is 13.2 Å². The molecule has 1 aliphatic carbocycles. The minimum Gasteiger partial charge on any atom is -0.344 e. The molecule has 0 atom stereocenters. The van der Waals surface area contributed by atoms with Crippen molar-refractivity contribution >= 4 is 15.7 Å². The van der Waals surface area contributed by atoms with Gasteiger partial charge in [0, 0.05) is 13.6 Å². The van der Waals surface area contributed by atoms with Crippen molar-refractivity contribution in [2.45, 2.75) is 63.0 Å². The number of carbonyl (C=O) groups excluding carboxylic acids is 1. The van der Waals surface area contributed by atoms with Crippen LogP contribution in [0.5, 0.6) is 0 Å². The number of nitrogens with two attached hydrogens (primary N) is 1. The Balaban J connectivity index is 2.49. The van der Waals surface area contributed by atoms with Gasteiger partial charge in [-0.2, -0.15) is 0 Å². The van der Waals surface area contributed by atoms with Crippen molar-refractivity contribution in [3.63, 3.8) is 0 Å². The molecule has 5 nitrogen and oxygen atoms in total. The summed E-state index contributed by atoms with van der Waals surface area (Å²) >= 11 is 0. The van der Waals surface area contributed by atoms with E-state index in [1.165, 1.54) is 0 Å². The van der Waals surface area contributed by atoms with Crippen LogP contribution in [0.1, 0.15) is 50.7 Å². The van der Waals surface area contributed by atoms with Gasteiger partial charge in [0.1, 0.15) is 0 Å². The van der Waals surface area contributed by atoms with Gasteiger partial charge in [-0.05, 0) is 55.8 Å². The number of benzene rings is 1. The highest BCUT2D eigenvalue weighted by Gasteiger charge is 2.54. The van der Waals surface area contributed by atoms with Gasteiger partial charge in [-0.25, -0.2) is 8.42 Å². The first-order valence-corrected chi connectivity index (χ1v) is 10.7. The normalized spacial score (nSPS) is 17.3. The van der Waals surface area contributed by atoms with E-state index in [2.05, 4.69) is 0 Å². The van der Waals surface area contributed by atoms with Gasteiger partial charge in [0.2, 0.25) is 5.91 Å². The Morgan fingerprint density at radius 3 is 2.35 bits per heavy atom. The van der Waals surface area contributed by atoms with Crippen molar-refractivity contribution < 1.29 is 13.2 Å². The molecule has 1 aliphatic rings. The van der Waals surface area contributed by atoms with Crippen molar-refractivity contribution in [1.29, 1.82) is 0 Å². The van der Waals surface area contributed by atoms with E-state index in [0.717, 1.165) is 18.4 Å². The number of hydrogen-bond donors (Lipinski definition) is 1. The molecule has 146 valence electrons. The summed E-state index contributed by atoms with van der Waals surface area (Å²) < 4.78 is 25.9. The second-order valence-corrected chi connectivity index (χ2v) is 10.7. The summed E-state index contributed by atoms with van der Waals surface area (Å²) in [6.45, 7) is 8.50. The summed E-state index contributed by atoms with van der Waals surface area (Å²) in [4.78, 5) is 15.2. The van der Waals surface area contributed by atoms with Gasteiger partial charge in [-0.15, -0.1) is 0 Å². The zero-order chi connectivity index (χ0) is 19.8. The van der Waals surface area contributed by atoms with Crippen LogP contribution in [-0.4, -0.2) is 44.1 Å². The first kappa shape index (κ1) is 20.9. The van der Waals surface area contributed by atoms with Crippen LogP contribution in [0.25, 0.3) is 0 Å². The molecule has 0 radical (unpaired) electrons. The molecule has 2 rings (SSSR count). The van der Waals surface area contributed by atoms with E-state index in [1.807, 2.05) is 32.9 Å². The SMILES string of the molecule is Cc1ccc(C)c(S(=O)(=O)C2(C(=O)N(C)CC(C)(C)CN)CCCC2)c1. The number of carbonyl (C=O) groups is 1. The standard InChI is InChI=1S/C20H32N2O3S/c1-15-8-9-16(2)17(12-15)26(24,25)20(10-6-7-11-20)18(23)22(5)14-19(3,4)13-21/h8-9,12H,6-7,10-11,13-14,21H2,1-5H3. The third-order valence-corrected chi connectivity index (χ3v) is 8.14. The molecule has 0 spiro atoms. The van der Waals surface area contributed by atoms with E-state index >= 15 is 0 Å². The van der Waals surface area contributed by atoms with Gasteiger partial charge in [0.25, 0.3) is 0 Å². The molecule has 26 heavy (non-hydrogen) atoms. The maximum absolute atomic E-state index is 13.6. The first-order valence-electron chi connectivity index (χ1n) is 9.24. The molecule has 0 saturated heterocycles. The highest BCUT2D eigenvalue weighted by molar-refractivity contribution is 7.93. The van der Waals surface area contributed by atoms with Gasteiger partial charge < -0.3 is 10.6 Å². The van der Waals surface area contributed by atoms with E-state index in [1.54, 1.807) is 24.9 Å². The zero-order valence-corrected chi connectivity index (χ0v) is 17.4. The van der Waals surface area contributed by atoms with Crippen LogP contribution in [-0.2, 0) is 14.6 Å². The number of sulfone groups is 1. The summed E-state index contributed by atoms with van der Waals surface area (Å²) in [6, 6.07) is 5.41. The van der Waals surface area contributed by atoms with Crippen molar-refractivity contribution in [3.8, 4) is 0 Å². The lowest BCUT2D eigenvalue weighted by molar-refractivity contribution is -0.133. The van der Waals surface area contributed by atoms with E-state index in [-0.39, 0.29) is 11.3 Å². The average Bonchev–Trinajstić information content (AvgIpc) is 3.07. The number of rotatable bonds is 6. The number of nitrogens with zero attached hydrogens (tertiary/aromatic N) is 1. The summed E-state index contributed by atoms with van der Waals surface area (Å²) in [7, 11) is -2.09. The summed E-state index contributed by atoms with van der Waals surface area (Å²) in [5.41, 5.74) is 7.12. The molecular weight excluding hydrogens is 348 g/mol. The van der Waals surface area contributed by atoms with Crippen LogP contribution in [0.15, 0.2) is 23.1 Å². The lowest BCUT2D eigenvalue weighted by Crippen LogP contribution is -2.53. The molecule has 1 fully saturated rings. The third-order valence-electron chi connectivity index (χ3n) is 5.51. The molecule has 1 amide bonds. The summed E-state index contributed by atoms with van der Waals surface area (Å²) in [5, 5.41) is 0. The van der Waals surface area contributed by atoms with E-state index in [4.69, 9.17) is 5.73 Å². The van der Waals surface area contributed by atoms with Gasteiger partial charge in [0.15, 0.2) is 14.6 Å². The van der Waals surface area contributed by atoms with Crippen molar-refractivity contribution in [3.05, 3.63) is 29.3 Å². The Bertz CT molecular complexity index is 778. The van der Waals surface area contributed by atoms with Crippen molar-refractivity contribution in [2.24, 2.45) is 11.1 Å². The predicted molar refractivity (Wildman–Crippen MR) is 105 cm³/mol. The van der Waals surface area contributed by atoms with Crippen LogP contribution in [0, 0.1) is 19.3 Å². The van der Waals surface area contributed by atoms with Crippen LogP contribution < -0.4 is 5.73 Å². The fourth-order valence-electron chi connectivity index (χ4n) is 3.88. The Morgan fingerprint density at radius 1 is 1.23 bits per heavy atom. The van der Waals surface area contributed by atoms with Gasteiger partial charge in [-0.3, -0.25) is 4.79 Å². The molecule has 0 aromatic heterocycles. The van der Waals surface area contributed by atoms with Crippen LogP contribution in [0.3, 0.4) is 0 Å². The Morgan fingerprint density at radius 2 is 1.81 bits per heavy atom. The lowest BCUT2D eigenvalue weighted by Gasteiger charge is -2.36. The molecule has 1 aromatic carbocycles. The predicted octanol–water partition coefficient (Wildman–Crippen LogP) is 2.83. The summed E-state index contributed by atoms with van der Waals surface area (Å²) in [6.07, 6.45) is 2.28. The molecular formula is C20H32N2O3S. The van der Waals surface area contributed by atoms with Crippen LogP contribution >= 0.6 is 0 Å². The smallest absolute Gasteiger partial charge is 0.244 e. The number of amides is 1. The topological polar surface area (TPSA) is 80.5 Å². The molecule has 0 bridgehead atoms.